The molecule has 2 N–H and O–H groups in total. The van der Waals surface area contributed by atoms with Crippen molar-refractivity contribution in [3.63, 3.8) is 0 Å². The van der Waals surface area contributed by atoms with Gasteiger partial charge in [-0.15, -0.1) is 10.2 Å². The van der Waals surface area contributed by atoms with Gasteiger partial charge in [-0.1, -0.05) is 13.3 Å². The van der Waals surface area contributed by atoms with Crippen LogP contribution in [0.25, 0.3) is 16.8 Å². The number of hydrogen-bond acceptors (Lipinski definition) is 5. The zero-order valence-corrected chi connectivity index (χ0v) is 16.0. The van der Waals surface area contributed by atoms with Crippen molar-refractivity contribution in [2.75, 3.05) is 13.1 Å². The maximum absolute atomic E-state index is 12.5. The standard InChI is InChI=1S/C17H23N7O2S/c1-2-11-8-12(22-27(25,26)23-6-3-7-23)9-13(11)17-21-20-15-10-19-16-14(24(15)17)4-5-18-16/h4-5,10-13,18,22H,2-3,6-9H2,1H3/t11?,12-,13?/m0/s1. The van der Waals surface area contributed by atoms with E-state index < -0.39 is 10.2 Å². The Morgan fingerprint density at radius 1 is 1.30 bits per heavy atom. The van der Waals surface area contributed by atoms with Crippen molar-refractivity contribution in [3.05, 3.63) is 24.3 Å². The van der Waals surface area contributed by atoms with Gasteiger partial charge in [0.05, 0.1) is 11.7 Å². The third kappa shape index (κ3) is 2.74. The van der Waals surface area contributed by atoms with Gasteiger partial charge in [0.2, 0.25) is 0 Å². The largest absolute Gasteiger partial charge is 0.345 e. The van der Waals surface area contributed by atoms with Gasteiger partial charge in [-0.3, -0.25) is 4.40 Å². The lowest BCUT2D eigenvalue weighted by atomic mass is 9.93. The van der Waals surface area contributed by atoms with Crippen molar-refractivity contribution in [2.24, 2.45) is 5.92 Å². The van der Waals surface area contributed by atoms with Gasteiger partial charge in [0, 0.05) is 31.2 Å². The normalized spacial score (nSPS) is 26.8. The second-order valence-corrected chi connectivity index (χ2v) is 9.24. The average molecular weight is 389 g/mol. The topological polar surface area (TPSA) is 108 Å². The minimum absolute atomic E-state index is 0.0681. The molecule has 0 aromatic carbocycles. The van der Waals surface area contributed by atoms with Crippen molar-refractivity contribution >= 4 is 27.0 Å². The van der Waals surface area contributed by atoms with E-state index in [1.165, 1.54) is 4.31 Å². The number of nitrogens with one attached hydrogen (secondary N) is 2. The highest BCUT2D eigenvalue weighted by Gasteiger charge is 2.40. The molecule has 0 radical (unpaired) electrons. The fourth-order valence-electron chi connectivity index (χ4n) is 4.44. The van der Waals surface area contributed by atoms with Crippen LogP contribution in [0.5, 0.6) is 0 Å². The molecule has 9 nitrogen and oxygen atoms in total. The molecular formula is C17H23N7O2S. The summed E-state index contributed by atoms with van der Waals surface area (Å²) >= 11 is 0. The molecule has 1 aliphatic heterocycles. The van der Waals surface area contributed by atoms with Gasteiger partial charge < -0.3 is 4.98 Å². The third-order valence-electron chi connectivity index (χ3n) is 5.99. The van der Waals surface area contributed by atoms with E-state index in [9.17, 15) is 8.42 Å². The van der Waals surface area contributed by atoms with Crippen molar-refractivity contribution in [1.82, 2.24) is 33.6 Å². The number of aromatic nitrogens is 5. The lowest BCUT2D eigenvalue weighted by Gasteiger charge is -2.31. The molecule has 2 fully saturated rings. The quantitative estimate of drug-likeness (QED) is 0.686. The number of nitrogens with zero attached hydrogens (tertiary/aromatic N) is 5. The monoisotopic (exact) mass is 389 g/mol. The van der Waals surface area contributed by atoms with Crippen molar-refractivity contribution < 1.29 is 8.42 Å². The molecule has 10 heteroatoms. The third-order valence-corrected chi connectivity index (χ3v) is 7.66. The van der Waals surface area contributed by atoms with Crippen LogP contribution in [0.2, 0.25) is 0 Å². The highest BCUT2D eigenvalue weighted by molar-refractivity contribution is 7.87. The first-order chi connectivity index (χ1) is 13.1. The lowest BCUT2D eigenvalue weighted by Crippen LogP contribution is -2.50. The summed E-state index contributed by atoms with van der Waals surface area (Å²) in [5.41, 5.74) is 2.47. The van der Waals surface area contributed by atoms with Crippen molar-refractivity contribution in [3.8, 4) is 0 Å². The fourth-order valence-corrected chi connectivity index (χ4v) is 5.94. The van der Waals surface area contributed by atoms with Crippen LogP contribution in [0.15, 0.2) is 18.5 Å². The van der Waals surface area contributed by atoms with Crippen LogP contribution in [0.4, 0.5) is 0 Å². The summed E-state index contributed by atoms with van der Waals surface area (Å²) in [5, 5.41) is 8.77. The molecule has 144 valence electrons. The maximum atomic E-state index is 12.5. The van der Waals surface area contributed by atoms with Crippen LogP contribution in [0.3, 0.4) is 0 Å². The molecule has 0 spiro atoms. The van der Waals surface area contributed by atoms with Gasteiger partial charge in [0.15, 0.2) is 11.3 Å². The Morgan fingerprint density at radius 3 is 2.89 bits per heavy atom. The van der Waals surface area contributed by atoms with E-state index in [1.54, 1.807) is 6.20 Å². The molecule has 1 aliphatic carbocycles. The van der Waals surface area contributed by atoms with E-state index >= 15 is 0 Å². The molecule has 4 heterocycles. The SMILES string of the molecule is CCC1C[C@H](NS(=O)(=O)N2CCC2)CC1c1nnc2cnc3[nH]ccc3n12. The van der Waals surface area contributed by atoms with E-state index in [1.807, 2.05) is 12.3 Å². The van der Waals surface area contributed by atoms with Crippen LogP contribution in [0, 0.1) is 5.92 Å². The van der Waals surface area contributed by atoms with Gasteiger partial charge in [0.25, 0.3) is 10.2 Å². The number of aromatic amines is 1. The van der Waals surface area contributed by atoms with Crippen LogP contribution in [0.1, 0.15) is 44.3 Å². The Hall–Kier alpha value is -2.04. The fraction of sp³-hybridized carbons (Fsp3) is 0.588. The second-order valence-electron chi connectivity index (χ2n) is 7.54. The Bertz CT molecular complexity index is 1090. The number of fused-ring (bicyclic) bond motifs is 3. The van der Waals surface area contributed by atoms with Gasteiger partial charge in [-0.2, -0.15) is 17.4 Å². The average Bonchev–Trinajstić information content (AvgIpc) is 3.28. The van der Waals surface area contributed by atoms with Gasteiger partial charge in [-0.05, 0) is 31.2 Å². The van der Waals surface area contributed by atoms with Gasteiger partial charge in [-0.25, -0.2) is 4.98 Å². The van der Waals surface area contributed by atoms with Gasteiger partial charge >= 0.3 is 0 Å². The molecule has 2 aliphatic rings. The summed E-state index contributed by atoms with van der Waals surface area (Å²) in [4.78, 5) is 7.50. The number of hydrogen-bond donors (Lipinski definition) is 2. The van der Waals surface area contributed by atoms with Crippen LogP contribution < -0.4 is 4.72 Å². The summed E-state index contributed by atoms with van der Waals surface area (Å²) in [5.74, 6) is 1.42. The Balaban J connectivity index is 1.47. The smallest absolute Gasteiger partial charge is 0.279 e. The molecule has 3 aromatic heterocycles. The molecule has 0 bridgehead atoms. The first-order valence-corrected chi connectivity index (χ1v) is 11.0. The maximum Gasteiger partial charge on any atom is 0.279 e. The zero-order valence-electron chi connectivity index (χ0n) is 15.2. The molecule has 27 heavy (non-hydrogen) atoms. The van der Waals surface area contributed by atoms with Crippen molar-refractivity contribution in [2.45, 2.75) is 44.6 Å². The van der Waals surface area contributed by atoms with Crippen LogP contribution in [-0.4, -0.2) is 56.4 Å². The summed E-state index contributed by atoms with van der Waals surface area (Å²) in [7, 11) is -3.37. The highest BCUT2D eigenvalue weighted by atomic mass is 32.2. The molecule has 5 rings (SSSR count). The minimum Gasteiger partial charge on any atom is -0.345 e. The van der Waals surface area contributed by atoms with E-state index in [0.29, 0.717) is 19.0 Å². The van der Waals surface area contributed by atoms with E-state index in [0.717, 1.165) is 48.3 Å². The molecule has 0 amide bonds. The van der Waals surface area contributed by atoms with E-state index in [-0.39, 0.29) is 12.0 Å². The number of H-pyrrole nitrogens is 1. The van der Waals surface area contributed by atoms with E-state index in [2.05, 4.69) is 36.2 Å². The summed E-state index contributed by atoms with van der Waals surface area (Å²) in [6.45, 7) is 3.40. The Kier molecular flexibility index (Phi) is 3.95. The second kappa shape index (κ2) is 6.25. The van der Waals surface area contributed by atoms with Crippen LogP contribution >= 0.6 is 0 Å². The van der Waals surface area contributed by atoms with E-state index in [4.69, 9.17) is 0 Å². The first kappa shape index (κ1) is 17.1. The summed E-state index contributed by atoms with van der Waals surface area (Å²) in [6, 6.07) is 1.91. The van der Waals surface area contributed by atoms with Crippen molar-refractivity contribution in [1.29, 1.82) is 0 Å². The predicted octanol–water partition coefficient (Wildman–Crippen LogP) is 1.42. The first-order valence-electron chi connectivity index (χ1n) is 9.51. The molecule has 2 unspecified atom stereocenters. The lowest BCUT2D eigenvalue weighted by molar-refractivity contribution is 0.301. The molecular weight excluding hydrogens is 366 g/mol. The van der Waals surface area contributed by atoms with Crippen LogP contribution in [-0.2, 0) is 10.2 Å². The Labute approximate surface area is 157 Å². The predicted molar refractivity (Wildman–Crippen MR) is 100 cm³/mol. The molecule has 3 aromatic rings. The highest BCUT2D eigenvalue weighted by Crippen LogP contribution is 2.41. The molecule has 1 saturated carbocycles. The van der Waals surface area contributed by atoms with Gasteiger partial charge in [0.1, 0.15) is 5.82 Å². The molecule has 1 saturated heterocycles. The Morgan fingerprint density at radius 2 is 2.15 bits per heavy atom. The zero-order chi connectivity index (χ0) is 18.6. The minimum atomic E-state index is -3.37. The summed E-state index contributed by atoms with van der Waals surface area (Å²) in [6.07, 6.45) is 7.05. The summed E-state index contributed by atoms with van der Waals surface area (Å²) < 4.78 is 31.4. The number of rotatable bonds is 5. The molecule has 3 atom stereocenters.